The Kier molecular flexibility index (Phi) is 3.73. The van der Waals surface area contributed by atoms with Gasteiger partial charge in [-0.05, 0) is 19.1 Å². The monoisotopic (exact) mass is 348 g/mol. The van der Waals surface area contributed by atoms with Crippen LogP contribution in [0.25, 0.3) is 16.7 Å². The van der Waals surface area contributed by atoms with E-state index in [1.54, 1.807) is 18.3 Å². The van der Waals surface area contributed by atoms with E-state index in [0.717, 1.165) is 11.1 Å². The number of nitrogens with zero attached hydrogens (tertiary/aromatic N) is 6. The second-order valence-corrected chi connectivity index (χ2v) is 5.46. The number of hydrogen-bond donors (Lipinski definition) is 0. The van der Waals surface area contributed by atoms with Gasteiger partial charge in [0.15, 0.2) is 5.75 Å². The van der Waals surface area contributed by atoms with Crippen LogP contribution in [0, 0.1) is 17.0 Å². The van der Waals surface area contributed by atoms with Crippen LogP contribution in [0.2, 0.25) is 0 Å². The Balaban J connectivity index is 1.86. The van der Waals surface area contributed by atoms with Crippen molar-refractivity contribution in [3.63, 3.8) is 0 Å². The highest BCUT2D eigenvalue weighted by atomic mass is 16.6. The summed E-state index contributed by atoms with van der Waals surface area (Å²) >= 11 is 0. The molecule has 0 fully saturated rings. The molecule has 0 saturated heterocycles. The molecule has 0 aliphatic heterocycles. The third-order valence-corrected chi connectivity index (χ3v) is 3.73. The van der Waals surface area contributed by atoms with Crippen LogP contribution in [0.1, 0.15) is 5.69 Å². The molecule has 0 amide bonds. The van der Waals surface area contributed by atoms with E-state index >= 15 is 0 Å². The summed E-state index contributed by atoms with van der Waals surface area (Å²) in [6.45, 7) is 1.86. The van der Waals surface area contributed by atoms with Crippen molar-refractivity contribution in [2.75, 3.05) is 0 Å². The molecule has 9 nitrogen and oxygen atoms in total. The molecule has 26 heavy (non-hydrogen) atoms. The molecule has 0 N–H and O–H groups in total. The third-order valence-electron chi connectivity index (χ3n) is 3.73. The lowest BCUT2D eigenvalue weighted by Crippen LogP contribution is -2.05. The Morgan fingerprint density at radius 2 is 2.08 bits per heavy atom. The minimum absolute atomic E-state index is 0.0712. The molecule has 0 saturated carbocycles. The first kappa shape index (κ1) is 15.6. The van der Waals surface area contributed by atoms with E-state index in [1.807, 2.05) is 25.1 Å². The number of rotatable bonds is 4. The van der Waals surface area contributed by atoms with Crippen LogP contribution in [0.5, 0.6) is 11.6 Å². The van der Waals surface area contributed by atoms with Gasteiger partial charge in [-0.1, -0.05) is 18.2 Å². The minimum atomic E-state index is -0.575. The predicted molar refractivity (Wildman–Crippen MR) is 92.4 cm³/mol. The van der Waals surface area contributed by atoms with E-state index in [4.69, 9.17) is 4.74 Å². The fraction of sp³-hybridized carbons (Fsp3) is 0.0588. The fourth-order valence-electron chi connectivity index (χ4n) is 2.57. The Labute approximate surface area is 147 Å². The highest BCUT2D eigenvalue weighted by Crippen LogP contribution is 2.35. The molecule has 0 bridgehead atoms. The molecule has 0 atom stereocenters. The van der Waals surface area contributed by atoms with Gasteiger partial charge in [0.25, 0.3) is 0 Å². The molecule has 0 spiro atoms. The highest BCUT2D eigenvalue weighted by Gasteiger charge is 2.26. The molecule has 128 valence electrons. The van der Waals surface area contributed by atoms with E-state index in [1.165, 1.54) is 23.4 Å². The van der Waals surface area contributed by atoms with Crippen molar-refractivity contribution in [2.24, 2.45) is 0 Å². The van der Waals surface area contributed by atoms with Crippen molar-refractivity contribution < 1.29 is 9.66 Å². The number of aromatic nitrogens is 5. The van der Waals surface area contributed by atoms with Gasteiger partial charge in [0.2, 0.25) is 5.82 Å². The molecular formula is C17H12N6O3. The molecule has 1 aromatic carbocycles. The van der Waals surface area contributed by atoms with Gasteiger partial charge in [0.05, 0.1) is 4.92 Å². The van der Waals surface area contributed by atoms with Crippen molar-refractivity contribution in [1.82, 2.24) is 24.5 Å². The molecule has 0 aliphatic carbocycles. The van der Waals surface area contributed by atoms with Crippen molar-refractivity contribution in [3.8, 4) is 17.4 Å². The van der Waals surface area contributed by atoms with Crippen molar-refractivity contribution in [2.45, 2.75) is 6.92 Å². The van der Waals surface area contributed by atoms with E-state index in [-0.39, 0.29) is 17.4 Å². The Morgan fingerprint density at radius 1 is 1.19 bits per heavy atom. The summed E-state index contributed by atoms with van der Waals surface area (Å²) in [4.78, 5) is 27.4. The van der Waals surface area contributed by atoms with Crippen LogP contribution in [-0.2, 0) is 0 Å². The van der Waals surface area contributed by atoms with Crippen LogP contribution in [-0.4, -0.2) is 29.4 Å². The lowest BCUT2D eigenvalue weighted by molar-refractivity contribution is -0.386. The van der Waals surface area contributed by atoms with Gasteiger partial charge in [-0.25, -0.2) is 15.0 Å². The minimum Gasteiger partial charge on any atom is -0.431 e. The zero-order valence-electron chi connectivity index (χ0n) is 13.6. The molecule has 0 radical (unpaired) electrons. The Hall–Kier alpha value is -3.88. The summed E-state index contributed by atoms with van der Waals surface area (Å²) in [6, 6.07) is 9.17. The van der Waals surface area contributed by atoms with Gasteiger partial charge in [-0.3, -0.25) is 14.7 Å². The number of imidazole rings is 1. The normalized spacial score (nSPS) is 10.8. The van der Waals surface area contributed by atoms with Gasteiger partial charge >= 0.3 is 11.6 Å². The van der Waals surface area contributed by atoms with E-state index < -0.39 is 4.92 Å². The number of hydrogen-bond acceptors (Lipinski definition) is 7. The number of aryl methyl sites for hydroxylation is 1. The lowest BCUT2D eigenvalue weighted by Gasteiger charge is -2.10. The third kappa shape index (κ3) is 2.71. The van der Waals surface area contributed by atoms with Gasteiger partial charge in [0, 0.05) is 23.5 Å². The van der Waals surface area contributed by atoms with Gasteiger partial charge in [-0.15, -0.1) is 0 Å². The largest absolute Gasteiger partial charge is 0.431 e. The van der Waals surface area contributed by atoms with Crippen LogP contribution >= 0.6 is 0 Å². The number of fused-ring (bicyclic) bond motifs is 1. The van der Waals surface area contributed by atoms with Gasteiger partial charge in [-0.2, -0.15) is 4.98 Å². The average molecular weight is 348 g/mol. The number of pyridine rings is 1. The highest BCUT2D eigenvalue weighted by molar-refractivity contribution is 5.85. The van der Waals surface area contributed by atoms with E-state index in [0.29, 0.717) is 11.3 Å². The van der Waals surface area contributed by atoms with Crippen molar-refractivity contribution >= 4 is 16.6 Å². The quantitative estimate of drug-likeness (QED) is 0.411. The maximum Gasteiger partial charge on any atom is 0.374 e. The maximum absolute atomic E-state index is 11.6. The predicted octanol–water partition coefficient (Wildman–Crippen LogP) is 3.22. The summed E-state index contributed by atoms with van der Waals surface area (Å²) < 4.78 is 7.22. The lowest BCUT2D eigenvalue weighted by atomic mass is 10.2. The van der Waals surface area contributed by atoms with Crippen molar-refractivity contribution in [3.05, 3.63) is 71.2 Å². The second kappa shape index (κ2) is 6.20. The molecule has 4 aromatic rings. The van der Waals surface area contributed by atoms with Gasteiger partial charge in [0.1, 0.15) is 18.2 Å². The molecule has 0 unspecified atom stereocenters. The number of nitro groups is 1. The van der Waals surface area contributed by atoms with Crippen molar-refractivity contribution in [1.29, 1.82) is 0 Å². The topological polar surface area (TPSA) is 109 Å². The van der Waals surface area contributed by atoms with E-state index in [9.17, 15) is 10.1 Å². The summed E-state index contributed by atoms with van der Waals surface area (Å²) in [5, 5.41) is 12.5. The molecule has 9 heteroatoms. The van der Waals surface area contributed by atoms with E-state index in [2.05, 4.69) is 19.9 Å². The fourth-order valence-corrected chi connectivity index (χ4v) is 2.57. The Morgan fingerprint density at radius 3 is 2.85 bits per heavy atom. The molecule has 0 aliphatic rings. The summed E-state index contributed by atoms with van der Waals surface area (Å²) in [7, 11) is 0. The van der Waals surface area contributed by atoms with Crippen LogP contribution in [0.3, 0.4) is 0 Å². The Bertz CT molecular complexity index is 1110. The summed E-state index contributed by atoms with van der Waals surface area (Å²) in [5.74, 6) is 0.288. The zero-order valence-corrected chi connectivity index (χ0v) is 13.6. The zero-order chi connectivity index (χ0) is 18.1. The first-order valence-corrected chi connectivity index (χ1v) is 7.65. The maximum atomic E-state index is 11.6. The number of ether oxygens (including phenoxy) is 1. The summed E-state index contributed by atoms with van der Waals surface area (Å²) in [6.07, 6.45) is 5.69. The second-order valence-electron chi connectivity index (χ2n) is 5.46. The number of para-hydroxylation sites is 1. The van der Waals surface area contributed by atoms with Crippen LogP contribution in [0.15, 0.2) is 55.4 Å². The molecule has 4 rings (SSSR count). The molecule has 3 aromatic heterocycles. The summed E-state index contributed by atoms with van der Waals surface area (Å²) in [5.41, 5.74) is 1.06. The SMILES string of the molecule is Cc1ccc2cccc(Oc3ncnc(-n4ccnc4)c3[N+](=O)[O-])c2n1. The van der Waals surface area contributed by atoms with Crippen LogP contribution < -0.4 is 4.74 Å². The smallest absolute Gasteiger partial charge is 0.374 e. The first-order chi connectivity index (χ1) is 12.6. The molecule has 3 heterocycles. The van der Waals surface area contributed by atoms with Crippen LogP contribution in [0.4, 0.5) is 5.69 Å². The average Bonchev–Trinajstić information content (AvgIpc) is 3.16. The molecular weight excluding hydrogens is 336 g/mol. The first-order valence-electron chi connectivity index (χ1n) is 7.65. The van der Waals surface area contributed by atoms with Gasteiger partial charge < -0.3 is 4.74 Å². The standard InChI is InChI=1S/C17H12N6O3/c1-11-5-6-12-3-2-4-13(14(12)21-11)26-17-15(23(24)25)16(19-9-20-17)22-8-7-18-10-22/h2-10H,1H3. The number of benzene rings is 1.